The number of benzene rings is 1. The third kappa shape index (κ3) is 1.55. The van der Waals surface area contributed by atoms with E-state index < -0.39 is 0 Å². The van der Waals surface area contributed by atoms with E-state index in [4.69, 9.17) is 9.57 Å². The third-order valence-electron chi connectivity index (χ3n) is 2.44. The van der Waals surface area contributed by atoms with E-state index in [1.54, 1.807) is 7.11 Å². The largest absolute Gasteiger partial charge is 0.494 e. The summed E-state index contributed by atoms with van der Waals surface area (Å²) in [6, 6.07) is 6.16. The molecule has 0 spiro atoms. The van der Waals surface area contributed by atoms with Gasteiger partial charge in [-0.2, -0.15) is 0 Å². The molecule has 1 aromatic rings. The van der Waals surface area contributed by atoms with E-state index in [-0.39, 0.29) is 0 Å². The van der Waals surface area contributed by atoms with Gasteiger partial charge in [0.15, 0.2) is 0 Å². The second-order valence-corrected chi connectivity index (χ2v) is 3.26. The Bertz CT molecular complexity index is 325. The molecule has 76 valence electrons. The highest BCUT2D eigenvalue weighted by Crippen LogP contribution is 2.31. The van der Waals surface area contributed by atoms with Crippen LogP contribution >= 0.6 is 0 Å². The fourth-order valence-corrected chi connectivity index (χ4v) is 1.78. The van der Waals surface area contributed by atoms with E-state index in [0.717, 1.165) is 24.4 Å². The lowest BCUT2D eigenvalue weighted by Crippen LogP contribution is -2.18. The van der Waals surface area contributed by atoms with Crippen LogP contribution in [0.25, 0.3) is 0 Å². The minimum absolute atomic E-state index is 0.700. The Hall–Kier alpha value is -1.22. The maximum absolute atomic E-state index is 5.44. The number of hydrogen-bond acceptors (Lipinski definition) is 3. The Morgan fingerprint density at radius 1 is 1.43 bits per heavy atom. The van der Waals surface area contributed by atoms with Crippen molar-refractivity contribution in [3.05, 3.63) is 23.8 Å². The maximum Gasteiger partial charge on any atom is 0.121 e. The lowest BCUT2D eigenvalue weighted by atomic mass is 10.1. The molecule has 0 amide bonds. The van der Waals surface area contributed by atoms with E-state index in [1.807, 2.05) is 24.1 Å². The number of fused-ring (bicyclic) bond motifs is 1. The molecule has 2 rings (SSSR count). The lowest BCUT2D eigenvalue weighted by molar-refractivity contribution is 0.173. The molecule has 1 aromatic carbocycles. The van der Waals surface area contributed by atoms with E-state index in [0.29, 0.717) is 6.61 Å². The summed E-state index contributed by atoms with van der Waals surface area (Å²) in [5, 5.41) is 1.90. The van der Waals surface area contributed by atoms with Crippen LogP contribution < -0.4 is 9.80 Å². The van der Waals surface area contributed by atoms with Crippen LogP contribution in [0.4, 0.5) is 5.69 Å². The van der Waals surface area contributed by atoms with Crippen LogP contribution in [0.5, 0.6) is 5.75 Å². The Labute approximate surface area is 84.2 Å². The monoisotopic (exact) mass is 193 g/mol. The van der Waals surface area contributed by atoms with Gasteiger partial charge in [-0.15, -0.1) is 0 Å². The van der Waals surface area contributed by atoms with Crippen LogP contribution in [-0.4, -0.2) is 20.3 Å². The van der Waals surface area contributed by atoms with E-state index >= 15 is 0 Å². The zero-order valence-electron chi connectivity index (χ0n) is 8.62. The molecule has 0 atom stereocenters. The SMILES string of the molecule is CCOc1ccc2c(c1)N(OC)CC2. The molecule has 0 aromatic heterocycles. The molecular formula is C11H15NO2. The first-order chi connectivity index (χ1) is 6.85. The zero-order valence-corrected chi connectivity index (χ0v) is 8.62. The van der Waals surface area contributed by atoms with Crippen LogP contribution in [0.2, 0.25) is 0 Å². The summed E-state index contributed by atoms with van der Waals surface area (Å²) < 4.78 is 5.44. The van der Waals surface area contributed by atoms with Gasteiger partial charge in [0.1, 0.15) is 5.75 Å². The van der Waals surface area contributed by atoms with Crippen molar-refractivity contribution < 1.29 is 9.57 Å². The van der Waals surface area contributed by atoms with Gasteiger partial charge in [0, 0.05) is 12.6 Å². The molecule has 0 saturated heterocycles. The van der Waals surface area contributed by atoms with Crippen molar-refractivity contribution in [3.8, 4) is 5.75 Å². The van der Waals surface area contributed by atoms with Gasteiger partial charge < -0.3 is 4.74 Å². The quantitative estimate of drug-likeness (QED) is 0.733. The number of rotatable bonds is 3. The van der Waals surface area contributed by atoms with Gasteiger partial charge in [-0.1, -0.05) is 6.07 Å². The molecule has 0 saturated carbocycles. The van der Waals surface area contributed by atoms with Gasteiger partial charge >= 0.3 is 0 Å². The second-order valence-electron chi connectivity index (χ2n) is 3.26. The van der Waals surface area contributed by atoms with Crippen molar-refractivity contribution in [2.45, 2.75) is 13.3 Å². The first-order valence-corrected chi connectivity index (χ1v) is 4.92. The smallest absolute Gasteiger partial charge is 0.121 e. The summed E-state index contributed by atoms with van der Waals surface area (Å²) in [4.78, 5) is 5.25. The Balaban J connectivity index is 2.28. The van der Waals surface area contributed by atoms with Gasteiger partial charge in [0.05, 0.1) is 19.4 Å². The van der Waals surface area contributed by atoms with Crippen molar-refractivity contribution >= 4 is 5.69 Å². The number of ether oxygens (including phenoxy) is 1. The standard InChI is InChI=1S/C11H15NO2/c1-3-14-10-5-4-9-6-7-12(13-2)11(9)8-10/h4-5,8H,3,6-7H2,1-2H3. The Kier molecular flexibility index (Phi) is 2.59. The van der Waals surface area contributed by atoms with Gasteiger partial charge in [0.2, 0.25) is 0 Å². The van der Waals surface area contributed by atoms with Crippen LogP contribution in [0.15, 0.2) is 18.2 Å². The molecule has 0 radical (unpaired) electrons. The van der Waals surface area contributed by atoms with Crippen LogP contribution in [-0.2, 0) is 11.3 Å². The van der Waals surface area contributed by atoms with Crippen molar-refractivity contribution in [1.82, 2.24) is 0 Å². The lowest BCUT2D eigenvalue weighted by Gasteiger charge is -2.16. The van der Waals surface area contributed by atoms with E-state index in [1.165, 1.54) is 5.56 Å². The molecule has 0 bridgehead atoms. The van der Waals surface area contributed by atoms with Crippen LogP contribution in [0.1, 0.15) is 12.5 Å². The van der Waals surface area contributed by atoms with Gasteiger partial charge in [-0.3, -0.25) is 9.90 Å². The molecule has 1 aliphatic rings. The highest BCUT2D eigenvalue weighted by molar-refractivity contribution is 5.59. The second kappa shape index (κ2) is 3.88. The Morgan fingerprint density at radius 2 is 2.29 bits per heavy atom. The molecule has 3 nitrogen and oxygen atoms in total. The van der Waals surface area contributed by atoms with Crippen molar-refractivity contribution in [2.75, 3.05) is 25.3 Å². The molecule has 1 heterocycles. The summed E-state index contributed by atoms with van der Waals surface area (Å²) in [7, 11) is 1.70. The average Bonchev–Trinajstić information content (AvgIpc) is 2.60. The fourth-order valence-electron chi connectivity index (χ4n) is 1.78. The van der Waals surface area contributed by atoms with Crippen LogP contribution in [0, 0.1) is 0 Å². The Morgan fingerprint density at radius 3 is 3.00 bits per heavy atom. The van der Waals surface area contributed by atoms with E-state index in [2.05, 4.69) is 6.07 Å². The maximum atomic E-state index is 5.44. The average molecular weight is 193 g/mol. The first kappa shape index (κ1) is 9.34. The fraction of sp³-hybridized carbons (Fsp3) is 0.455. The summed E-state index contributed by atoms with van der Waals surface area (Å²) in [5.41, 5.74) is 2.47. The molecule has 3 heteroatoms. The zero-order chi connectivity index (χ0) is 9.97. The predicted octanol–water partition coefficient (Wildman–Crippen LogP) is 2.01. The van der Waals surface area contributed by atoms with Gasteiger partial charge in [-0.05, 0) is 25.0 Å². The first-order valence-electron chi connectivity index (χ1n) is 4.92. The number of nitrogens with zero attached hydrogens (tertiary/aromatic N) is 1. The molecule has 0 fully saturated rings. The number of hydrogen-bond donors (Lipinski definition) is 0. The minimum Gasteiger partial charge on any atom is -0.494 e. The molecule has 0 N–H and O–H groups in total. The van der Waals surface area contributed by atoms with Crippen molar-refractivity contribution in [3.63, 3.8) is 0 Å². The summed E-state index contributed by atoms with van der Waals surface area (Å²) >= 11 is 0. The van der Waals surface area contributed by atoms with Crippen molar-refractivity contribution in [2.24, 2.45) is 0 Å². The summed E-state index contributed by atoms with van der Waals surface area (Å²) in [5.74, 6) is 0.912. The highest BCUT2D eigenvalue weighted by atomic mass is 16.7. The molecule has 14 heavy (non-hydrogen) atoms. The molecular weight excluding hydrogens is 178 g/mol. The molecule has 0 aliphatic carbocycles. The summed E-state index contributed by atoms with van der Waals surface area (Å²) in [6.07, 6.45) is 1.05. The van der Waals surface area contributed by atoms with E-state index in [9.17, 15) is 0 Å². The van der Waals surface area contributed by atoms with Crippen LogP contribution in [0.3, 0.4) is 0 Å². The molecule has 0 unspecified atom stereocenters. The highest BCUT2D eigenvalue weighted by Gasteiger charge is 2.19. The predicted molar refractivity (Wildman–Crippen MR) is 55.7 cm³/mol. The third-order valence-corrected chi connectivity index (χ3v) is 2.44. The number of anilines is 1. The van der Waals surface area contributed by atoms with Crippen molar-refractivity contribution in [1.29, 1.82) is 0 Å². The number of hydroxylamine groups is 1. The normalized spacial score (nSPS) is 14.3. The van der Waals surface area contributed by atoms with Gasteiger partial charge in [0.25, 0.3) is 0 Å². The molecule has 1 aliphatic heterocycles. The minimum atomic E-state index is 0.700. The topological polar surface area (TPSA) is 21.7 Å². The van der Waals surface area contributed by atoms with Gasteiger partial charge in [-0.25, -0.2) is 0 Å². The summed E-state index contributed by atoms with van der Waals surface area (Å²) in [6.45, 7) is 3.62.